The average Bonchev–Trinajstić information content (AvgIpc) is 2.93. The molecule has 1 aliphatic heterocycles. The number of hydrogen-bond acceptors (Lipinski definition) is 2. The highest BCUT2D eigenvalue weighted by atomic mass is 19.1. The van der Waals surface area contributed by atoms with Crippen molar-refractivity contribution in [2.45, 2.75) is 51.4 Å². The first kappa shape index (κ1) is 26.5. The summed E-state index contributed by atoms with van der Waals surface area (Å²) >= 11 is 0. The molecule has 0 atom stereocenters. The number of hydrogen-bond donors (Lipinski definition) is 0. The van der Waals surface area contributed by atoms with E-state index in [1.165, 1.54) is 11.6 Å². The lowest BCUT2D eigenvalue weighted by molar-refractivity contribution is -0.137. The van der Waals surface area contributed by atoms with Gasteiger partial charge < -0.3 is 4.90 Å². The SMILES string of the molecule is O=C(CCc1ccccc1)N1CCC(Cc2ccccc2)(C(=O)/C=C/CCCc2cccc(F)c2)CC1. The van der Waals surface area contributed by atoms with Crippen molar-refractivity contribution in [1.82, 2.24) is 4.90 Å². The van der Waals surface area contributed by atoms with Gasteiger partial charge in [-0.05, 0) is 79.8 Å². The Hall–Kier alpha value is -3.53. The first-order chi connectivity index (χ1) is 18.0. The quantitative estimate of drug-likeness (QED) is 0.217. The lowest BCUT2D eigenvalue weighted by atomic mass is 9.70. The van der Waals surface area contributed by atoms with Gasteiger partial charge in [-0.2, -0.15) is 0 Å². The molecule has 192 valence electrons. The van der Waals surface area contributed by atoms with Crippen molar-refractivity contribution in [3.8, 4) is 0 Å². The fourth-order valence-corrected chi connectivity index (χ4v) is 5.22. The van der Waals surface area contributed by atoms with Gasteiger partial charge in [-0.15, -0.1) is 0 Å². The van der Waals surface area contributed by atoms with Crippen molar-refractivity contribution in [1.29, 1.82) is 0 Å². The number of aryl methyl sites for hydroxylation is 2. The molecular weight excluding hydrogens is 461 g/mol. The Balaban J connectivity index is 1.34. The highest BCUT2D eigenvalue weighted by molar-refractivity contribution is 5.95. The van der Waals surface area contributed by atoms with E-state index < -0.39 is 5.41 Å². The molecule has 1 saturated heterocycles. The Morgan fingerprint density at radius 1 is 0.811 bits per heavy atom. The molecule has 0 unspecified atom stereocenters. The molecule has 1 aliphatic rings. The van der Waals surface area contributed by atoms with Gasteiger partial charge >= 0.3 is 0 Å². The van der Waals surface area contributed by atoms with Crippen LogP contribution in [0, 0.1) is 11.2 Å². The minimum atomic E-state index is -0.489. The molecule has 0 saturated carbocycles. The number of allylic oxidation sites excluding steroid dienone is 2. The summed E-state index contributed by atoms with van der Waals surface area (Å²) in [6.07, 6.45) is 9.40. The number of benzene rings is 3. The molecule has 0 radical (unpaired) electrons. The number of nitrogens with zero attached hydrogens (tertiary/aromatic N) is 1. The van der Waals surface area contributed by atoms with E-state index in [9.17, 15) is 14.0 Å². The van der Waals surface area contributed by atoms with Crippen LogP contribution in [-0.2, 0) is 28.9 Å². The number of carbonyl (C=O) groups excluding carboxylic acids is 2. The average molecular weight is 498 g/mol. The van der Waals surface area contributed by atoms with E-state index in [1.54, 1.807) is 18.2 Å². The first-order valence-corrected chi connectivity index (χ1v) is 13.4. The van der Waals surface area contributed by atoms with Crippen LogP contribution >= 0.6 is 0 Å². The lowest BCUT2D eigenvalue weighted by Crippen LogP contribution is -2.47. The third-order valence-electron chi connectivity index (χ3n) is 7.45. The van der Waals surface area contributed by atoms with E-state index in [0.29, 0.717) is 38.8 Å². The highest BCUT2D eigenvalue weighted by Crippen LogP contribution is 2.37. The topological polar surface area (TPSA) is 37.4 Å². The lowest BCUT2D eigenvalue weighted by Gasteiger charge is -2.40. The second-order valence-electron chi connectivity index (χ2n) is 10.1. The fraction of sp³-hybridized carbons (Fsp3) is 0.333. The zero-order valence-electron chi connectivity index (χ0n) is 21.5. The number of ketones is 1. The Kier molecular flexibility index (Phi) is 9.42. The molecule has 37 heavy (non-hydrogen) atoms. The third-order valence-corrected chi connectivity index (χ3v) is 7.45. The maximum Gasteiger partial charge on any atom is 0.222 e. The number of carbonyl (C=O) groups is 2. The Morgan fingerprint density at radius 2 is 1.46 bits per heavy atom. The summed E-state index contributed by atoms with van der Waals surface area (Å²) in [5.41, 5.74) is 2.81. The Bertz CT molecular complexity index is 1180. The maximum absolute atomic E-state index is 13.5. The van der Waals surface area contributed by atoms with Crippen LogP contribution in [0.5, 0.6) is 0 Å². The van der Waals surface area contributed by atoms with Crippen molar-refractivity contribution in [2.75, 3.05) is 13.1 Å². The molecule has 0 aromatic heterocycles. The second kappa shape index (κ2) is 13.1. The second-order valence-corrected chi connectivity index (χ2v) is 10.1. The predicted molar refractivity (Wildman–Crippen MR) is 147 cm³/mol. The molecule has 3 nitrogen and oxygen atoms in total. The van der Waals surface area contributed by atoms with Crippen LogP contribution in [-0.4, -0.2) is 29.7 Å². The summed E-state index contributed by atoms with van der Waals surface area (Å²) in [7, 11) is 0. The van der Waals surface area contributed by atoms with Crippen LogP contribution in [0.25, 0.3) is 0 Å². The summed E-state index contributed by atoms with van der Waals surface area (Å²) in [4.78, 5) is 28.4. The van der Waals surface area contributed by atoms with E-state index in [4.69, 9.17) is 0 Å². The fourth-order valence-electron chi connectivity index (χ4n) is 5.22. The van der Waals surface area contributed by atoms with Crippen LogP contribution < -0.4 is 0 Å². The van der Waals surface area contributed by atoms with Gasteiger partial charge in [-0.3, -0.25) is 9.59 Å². The molecule has 0 bridgehead atoms. The van der Waals surface area contributed by atoms with Crippen LogP contribution in [0.2, 0.25) is 0 Å². The molecule has 0 aliphatic carbocycles. The molecule has 1 heterocycles. The van der Waals surface area contributed by atoms with E-state index >= 15 is 0 Å². The van der Waals surface area contributed by atoms with Crippen LogP contribution in [0.4, 0.5) is 4.39 Å². The monoisotopic (exact) mass is 497 g/mol. The van der Waals surface area contributed by atoms with Gasteiger partial charge in [0.25, 0.3) is 0 Å². The van der Waals surface area contributed by atoms with E-state index in [0.717, 1.165) is 36.8 Å². The number of rotatable bonds is 11. The summed E-state index contributed by atoms with van der Waals surface area (Å²) < 4.78 is 13.4. The van der Waals surface area contributed by atoms with Crippen molar-refractivity contribution < 1.29 is 14.0 Å². The van der Waals surface area contributed by atoms with Crippen LogP contribution in [0.3, 0.4) is 0 Å². The van der Waals surface area contributed by atoms with Crippen molar-refractivity contribution in [2.24, 2.45) is 5.41 Å². The smallest absolute Gasteiger partial charge is 0.222 e. The van der Waals surface area contributed by atoms with Crippen molar-refractivity contribution in [3.63, 3.8) is 0 Å². The van der Waals surface area contributed by atoms with E-state index in [1.807, 2.05) is 53.4 Å². The first-order valence-electron chi connectivity index (χ1n) is 13.4. The number of halogens is 1. The molecule has 0 N–H and O–H groups in total. The van der Waals surface area contributed by atoms with Gasteiger partial charge in [0.05, 0.1) is 0 Å². The maximum atomic E-state index is 13.5. The predicted octanol–water partition coefficient (Wildman–Crippen LogP) is 6.76. The summed E-state index contributed by atoms with van der Waals surface area (Å²) in [5, 5.41) is 0. The summed E-state index contributed by atoms with van der Waals surface area (Å²) in [5.74, 6) is 0.104. The molecule has 3 aromatic carbocycles. The summed E-state index contributed by atoms with van der Waals surface area (Å²) in [6.45, 7) is 1.22. The van der Waals surface area contributed by atoms with Crippen LogP contribution in [0.15, 0.2) is 97.1 Å². The largest absolute Gasteiger partial charge is 0.343 e. The zero-order chi connectivity index (χ0) is 25.9. The van der Waals surface area contributed by atoms with Gasteiger partial charge in [0.2, 0.25) is 5.91 Å². The molecular formula is C33H36FNO2. The normalized spacial score (nSPS) is 15.1. The standard InChI is InChI=1S/C33H36FNO2/c34-30-17-10-16-28(25-30)13-6-3-9-18-31(36)33(26-29-14-7-2-8-15-29)21-23-35(24-22-33)32(37)20-19-27-11-4-1-5-12-27/h1-2,4-5,7-12,14-18,25H,3,6,13,19-24,26H2/b18-9+. The Labute approximate surface area is 220 Å². The van der Waals surface area contributed by atoms with E-state index in [-0.39, 0.29) is 17.5 Å². The highest BCUT2D eigenvalue weighted by Gasteiger charge is 2.40. The molecule has 1 amide bonds. The molecule has 4 heteroatoms. The van der Waals surface area contributed by atoms with Gasteiger partial charge in [0, 0.05) is 24.9 Å². The van der Waals surface area contributed by atoms with Gasteiger partial charge in [-0.1, -0.05) is 78.9 Å². The Morgan fingerprint density at radius 3 is 2.14 bits per heavy atom. The minimum absolute atomic E-state index is 0.151. The van der Waals surface area contributed by atoms with E-state index in [2.05, 4.69) is 24.3 Å². The van der Waals surface area contributed by atoms with Gasteiger partial charge in [0.1, 0.15) is 5.82 Å². The molecule has 0 spiro atoms. The number of unbranched alkanes of at least 4 members (excludes halogenated alkanes) is 1. The number of likely N-dealkylation sites (tertiary alicyclic amines) is 1. The summed E-state index contributed by atoms with van der Waals surface area (Å²) in [6, 6.07) is 26.9. The molecule has 1 fully saturated rings. The van der Waals surface area contributed by atoms with Gasteiger partial charge in [-0.25, -0.2) is 4.39 Å². The number of piperidine rings is 1. The van der Waals surface area contributed by atoms with Crippen LogP contribution in [0.1, 0.15) is 48.8 Å². The number of amides is 1. The third kappa shape index (κ3) is 7.72. The zero-order valence-corrected chi connectivity index (χ0v) is 21.5. The molecule has 3 aromatic rings. The van der Waals surface area contributed by atoms with Crippen molar-refractivity contribution in [3.05, 3.63) is 120 Å². The van der Waals surface area contributed by atoms with Gasteiger partial charge in [0.15, 0.2) is 5.78 Å². The van der Waals surface area contributed by atoms with Crippen molar-refractivity contribution >= 4 is 11.7 Å². The minimum Gasteiger partial charge on any atom is -0.343 e. The molecule has 4 rings (SSSR count).